The van der Waals surface area contributed by atoms with E-state index in [2.05, 4.69) is 5.32 Å². The van der Waals surface area contributed by atoms with Crippen LogP contribution in [-0.4, -0.2) is 38.8 Å². The number of nitrogens with one attached hydrogen (secondary N) is 1. The number of hydrogen-bond donors (Lipinski definition) is 1. The van der Waals surface area contributed by atoms with Crippen molar-refractivity contribution in [2.45, 2.75) is 44.2 Å². The summed E-state index contributed by atoms with van der Waals surface area (Å²) in [5.74, 6) is 0.907. The largest absolute Gasteiger partial charge is 0.497 e. The van der Waals surface area contributed by atoms with Gasteiger partial charge in [-0.25, -0.2) is 13.2 Å². The van der Waals surface area contributed by atoms with Crippen LogP contribution >= 0.6 is 0 Å². The lowest BCUT2D eigenvalue weighted by Crippen LogP contribution is -2.40. The van der Waals surface area contributed by atoms with Crippen molar-refractivity contribution in [3.8, 4) is 5.75 Å². The van der Waals surface area contributed by atoms with Gasteiger partial charge >= 0.3 is 6.03 Å². The van der Waals surface area contributed by atoms with Crippen LogP contribution in [0.15, 0.2) is 47.4 Å². The van der Waals surface area contributed by atoms with Crippen LogP contribution in [0.2, 0.25) is 0 Å². The number of aryl methyl sites for hydroxylation is 1. The topological polar surface area (TPSA) is 75.7 Å². The lowest BCUT2D eigenvalue weighted by Gasteiger charge is -2.24. The smallest absolute Gasteiger partial charge is 0.318 e. The van der Waals surface area contributed by atoms with E-state index in [1.807, 2.05) is 30.0 Å². The molecule has 0 aromatic heterocycles. The molecule has 3 rings (SSSR count). The highest BCUT2D eigenvalue weighted by molar-refractivity contribution is 7.91. The monoisotopic (exact) mass is 416 g/mol. The fourth-order valence-electron chi connectivity index (χ4n) is 3.52. The summed E-state index contributed by atoms with van der Waals surface area (Å²) in [6.07, 6.45) is 1.81. The van der Waals surface area contributed by atoms with Gasteiger partial charge in [-0.05, 0) is 60.7 Å². The number of hydrogen-bond acceptors (Lipinski definition) is 4. The summed E-state index contributed by atoms with van der Waals surface area (Å²) in [5.41, 5.74) is 3.23. The van der Waals surface area contributed by atoms with Crippen LogP contribution in [0.25, 0.3) is 0 Å². The third-order valence-electron chi connectivity index (χ3n) is 5.40. The molecule has 1 atom stereocenters. The maximum Gasteiger partial charge on any atom is 0.318 e. The number of fused-ring (bicyclic) bond motifs is 1. The number of rotatable bonds is 5. The Morgan fingerprint density at radius 2 is 1.90 bits per heavy atom. The Labute approximate surface area is 172 Å². The van der Waals surface area contributed by atoms with Gasteiger partial charge in [-0.1, -0.05) is 25.1 Å². The third kappa shape index (κ3) is 4.90. The van der Waals surface area contributed by atoms with Gasteiger partial charge in [-0.15, -0.1) is 0 Å². The highest BCUT2D eigenvalue weighted by Gasteiger charge is 2.21. The summed E-state index contributed by atoms with van der Waals surface area (Å²) in [6.45, 7) is 4.77. The number of amides is 2. The Hall–Kier alpha value is -2.54. The molecule has 1 aliphatic rings. The predicted octanol–water partition coefficient (Wildman–Crippen LogP) is 3.71. The van der Waals surface area contributed by atoms with Gasteiger partial charge in [0.05, 0.1) is 23.8 Å². The summed E-state index contributed by atoms with van der Waals surface area (Å²) in [5, 5.41) is 3.03. The molecule has 0 aliphatic carbocycles. The summed E-state index contributed by atoms with van der Waals surface area (Å²) in [4.78, 5) is 15.0. The van der Waals surface area contributed by atoms with Gasteiger partial charge in [0.1, 0.15) is 5.75 Å². The summed E-state index contributed by atoms with van der Waals surface area (Å²) in [6, 6.07) is 12.4. The molecule has 1 unspecified atom stereocenters. The first-order valence-electron chi connectivity index (χ1n) is 9.88. The predicted molar refractivity (Wildman–Crippen MR) is 113 cm³/mol. The van der Waals surface area contributed by atoms with Crippen molar-refractivity contribution in [2.75, 3.05) is 19.4 Å². The van der Waals surface area contributed by atoms with Gasteiger partial charge in [0, 0.05) is 13.1 Å². The molecule has 1 aliphatic heterocycles. The molecule has 156 valence electrons. The maximum atomic E-state index is 12.8. The van der Waals surface area contributed by atoms with Crippen LogP contribution in [0.3, 0.4) is 0 Å². The minimum absolute atomic E-state index is 0.0704. The molecule has 0 saturated heterocycles. The summed E-state index contributed by atoms with van der Waals surface area (Å²) in [7, 11) is -1.57. The fourth-order valence-corrected chi connectivity index (χ4v) is 4.41. The van der Waals surface area contributed by atoms with E-state index in [4.69, 9.17) is 4.74 Å². The number of nitrogens with zero attached hydrogens (tertiary/aromatic N) is 1. The van der Waals surface area contributed by atoms with Crippen LogP contribution in [0, 0.1) is 0 Å². The minimum Gasteiger partial charge on any atom is -0.497 e. The average Bonchev–Trinajstić information content (AvgIpc) is 2.95. The molecule has 0 radical (unpaired) electrons. The van der Waals surface area contributed by atoms with Gasteiger partial charge < -0.3 is 15.0 Å². The number of methoxy groups -OCH3 is 1. The first-order valence-corrected chi connectivity index (χ1v) is 11.5. The molecule has 1 heterocycles. The molecule has 7 heteroatoms. The number of carbonyl (C=O) groups is 1. The zero-order valence-corrected chi connectivity index (χ0v) is 18.0. The Kier molecular flexibility index (Phi) is 6.47. The van der Waals surface area contributed by atoms with Crippen molar-refractivity contribution in [1.82, 2.24) is 10.2 Å². The quantitative estimate of drug-likeness (QED) is 0.806. The molecule has 0 saturated carbocycles. The van der Waals surface area contributed by atoms with E-state index >= 15 is 0 Å². The molecule has 6 nitrogen and oxygen atoms in total. The maximum absolute atomic E-state index is 12.8. The molecule has 1 N–H and O–H groups in total. The Balaban J connectivity index is 1.67. The Morgan fingerprint density at radius 3 is 2.55 bits per heavy atom. The van der Waals surface area contributed by atoms with E-state index in [1.165, 1.54) is 5.56 Å². The van der Waals surface area contributed by atoms with Crippen molar-refractivity contribution in [3.63, 3.8) is 0 Å². The molecule has 2 aromatic rings. The number of sulfone groups is 1. The standard InChI is InChI=1S/C22H28N2O4S/c1-4-29(26,27)21-11-8-17(9-12-21)16(2)23-22(25)24-13-5-6-18-14-20(28-3)10-7-19(18)15-24/h7-12,14,16H,4-6,13,15H2,1-3H3,(H,23,25). The zero-order valence-electron chi connectivity index (χ0n) is 17.1. The molecular weight excluding hydrogens is 388 g/mol. The van der Waals surface area contributed by atoms with Crippen LogP contribution in [0.4, 0.5) is 4.79 Å². The number of benzene rings is 2. The number of urea groups is 1. The second-order valence-electron chi connectivity index (χ2n) is 7.30. The number of carbonyl (C=O) groups excluding carboxylic acids is 1. The first kappa shape index (κ1) is 21.2. The molecule has 29 heavy (non-hydrogen) atoms. The van der Waals surface area contributed by atoms with Crippen LogP contribution in [0.5, 0.6) is 5.75 Å². The average molecular weight is 417 g/mol. The molecule has 0 spiro atoms. The van der Waals surface area contributed by atoms with Crippen LogP contribution in [-0.2, 0) is 22.8 Å². The molecular formula is C22H28N2O4S. The summed E-state index contributed by atoms with van der Waals surface area (Å²) >= 11 is 0. The zero-order chi connectivity index (χ0) is 21.0. The minimum atomic E-state index is -3.22. The van der Waals surface area contributed by atoms with Gasteiger partial charge in [-0.3, -0.25) is 0 Å². The van der Waals surface area contributed by atoms with Crippen molar-refractivity contribution in [1.29, 1.82) is 0 Å². The van der Waals surface area contributed by atoms with Gasteiger partial charge in [0.25, 0.3) is 0 Å². The second kappa shape index (κ2) is 8.86. The van der Waals surface area contributed by atoms with Crippen molar-refractivity contribution in [3.05, 3.63) is 59.2 Å². The van der Waals surface area contributed by atoms with Gasteiger partial charge in [0.2, 0.25) is 0 Å². The SMILES string of the molecule is CCS(=O)(=O)c1ccc(C(C)NC(=O)N2CCCc3cc(OC)ccc3C2)cc1. The van der Waals surface area contributed by atoms with E-state index in [1.54, 1.807) is 38.3 Å². The van der Waals surface area contributed by atoms with Crippen molar-refractivity contribution in [2.24, 2.45) is 0 Å². The van der Waals surface area contributed by atoms with Crippen LogP contribution in [0.1, 0.15) is 43.0 Å². The third-order valence-corrected chi connectivity index (χ3v) is 7.15. The van der Waals surface area contributed by atoms with E-state index in [0.29, 0.717) is 18.0 Å². The van der Waals surface area contributed by atoms with E-state index < -0.39 is 9.84 Å². The van der Waals surface area contributed by atoms with E-state index in [9.17, 15) is 13.2 Å². The molecule has 0 bridgehead atoms. The Bertz CT molecular complexity index is 971. The molecule has 2 aromatic carbocycles. The Morgan fingerprint density at radius 1 is 1.17 bits per heavy atom. The lowest BCUT2D eigenvalue weighted by atomic mass is 10.0. The van der Waals surface area contributed by atoms with E-state index in [-0.39, 0.29) is 17.8 Å². The highest BCUT2D eigenvalue weighted by Crippen LogP contribution is 2.24. The van der Waals surface area contributed by atoms with E-state index in [0.717, 1.165) is 29.7 Å². The fraction of sp³-hybridized carbons (Fsp3) is 0.409. The van der Waals surface area contributed by atoms with Crippen LogP contribution < -0.4 is 10.1 Å². The molecule has 2 amide bonds. The van der Waals surface area contributed by atoms with Gasteiger partial charge in [-0.2, -0.15) is 0 Å². The highest BCUT2D eigenvalue weighted by atomic mass is 32.2. The molecule has 0 fully saturated rings. The second-order valence-corrected chi connectivity index (χ2v) is 9.58. The summed E-state index contributed by atoms with van der Waals surface area (Å²) < 4.78 is 29.2. The first-order chi connectivity index (χ1) is 13.8. The lowest BCUT2D eigenvalue weighted by molar-refractivity contribution is 0.192. The number of ether oxygens (including phenoxy) is 1. The van der Waals surface area contributed by atoms with Crippen molar-refractivity contribution < 1.29 is 17.9 Å². The van der Waals surface area contributed by atoms with Crippen molar-refractivity contribution >= 4 is 15.9 Å². The normalized spacial score (nSPS) is 15.2. The van der Waals surface area contributed by atoms with Gasteiger partial charge in [0.15, 0.2) is 9.84 Å².